The predicted molar refractivity (Wildman–Crippen MR) is 124 cm³/mol. The van der Waals surface area contributed by atoms with E-state index in [1.165, 1.54) is 0 Å². The number of hydrogen-bond donors (Lipinski definition) is 0. The Kier molecular flexibility index (Phi) is 14.4. The second-order valence-electron chi connectivity index (χ2n) is 9.10. The molecule has 0 atom stereocenters. The minimum atomic E-state index is -0.517. The van der Waals surface area contributed by atoms with E-state index in [2.05, 4.69) is 0 Å². The molecule has 6 nitrogen and oxygen atoms in total. The number of carbonyl (C=O) groups excluding carboxylic acids is 4. The molecule has 0 saturated carbocycles. The van der Waals surface area contributed by atoms with E-state index < -0.39 is 11.2 Å². The quantitative estimate of drug-likeness (QED) is 0.184. The van der Waals surface area contributed by atoms with Crippen molar-refractivity contribution in [2.75, 3.05) is 11.5 Å². The van der Waals surface area contributed by atoms with Crippen LogP contribution >= 0.6 is 21.6 Å². The van der Waals surface area contributed by atoms with Crippen molar-refractivity contribution in [2.24, 2.45) is 0 Å². The lowest BCUT2D eigenvalue weighted by molar-refractivity contribution is -0.156. The minimum absolute atomic E-state index is 0.0852. The van der Waals surface area contributed by atoms with Gasteiger partial charge in [-0.3, -0.25) is 19.2 Å². The molecule has 0 radical (unpaired) electrons. The van der Waals surface area contributed by atoms with Crippen LogP contribution in [-0.4, -0.2) is 46.2 Å². The van der Waals surface area contributed by atoms with E-state index in [9.17, 15) is 19.2 Å². The molecule has 0 spiro atoms. The Bertz CT molecular complexity index is 511. The number of ether oxygens (including phenoxy) is 2. The molecule has 8 heteroatoms. The highest BCUT2D eigenvalue weighted by atomic mass is 33.1. The average Bonchev–Trinajstić information content (AvgIpc) is 2.57. The molecule has 0 N–H and O–H groups in total. The van der Waals surface area contributed by atoms with Gasteiger partial charge < -0.3 is 9.47 Å². The Morgan fingerprint density at radius 3 is 1.20 bits per heavy atom. The fourth-order valence-electron chi connectivity index (χ4n) is 2.29. The summed E-state index contributed by atoms with van der Waals surface area (Å²) in [6.45, 7) is 10.8. The van der Waals surface area contributed by atoms with Crippen molar-refractivity contribution >= 4 is 45.1 Å². The van der Waals surface area contributed by atoms with Crippen molar-refractivity contribution in [1.29, 1.82) is 0 Å². The molecule has 0 heterocycles. The Morgan fingerprint density at radius 1 is 0.567 bits per heavy atom. The molecule has 0 aliphatic carbocycles. The summed E-state index contributed by atoms with van der Waals surface area (Å²) in [5.74, 6) is 1.22. The van der Waals surface area contributed by atoms with Crippen LogP contribution in [0.3, 0.4) is 0 Å². The number of hydrogen-bond acceptors (Lipinski definition) is 8. The van der Waals surface area contributed by atoms with Gasteiger partial charge in [0, 0.05) is 37.2 Å². The highest BCUT2D eigenvalue weighted by Crippen LogP contribution is 2.24. The summed E-state index contributed by atoms with van der Waals surface area (Å²) in [4.78, 5) is 46.8. The van der Waals surface area contributed by atoms with Crippen molar-refractivity contribution in [3.8, 4) is 0 Å². The standard InChI is InChI=1S/C22H38O6S2/c1-21(2,3)27-19(25)13-11-17(23)9-7-15-29-30-16-8-10-18(24)12-14-20(26)28-22(4,5)6/h7-16H2,1-6H3. The predicted octanol–water partition coefficient (Wildman–Crippen LogP) is 5.31. The van der Waals surface area contributed by atoms with Crippen LogP contribution in [0.4, 0.5) is 0 Å². The lowest BCUT2D eigenvalue weighted by Gasteiger charge is -2.19. The first kappa shape index (κ1) is 29.0. The van der Waals surface area contributed by atoms with Gasteiger partial charge in [0.15, 0.2) is 0 Å². The summed E-state index contributed by atoms with van der Waals surface area (Å²) in [5.41, 5.74) is -1.03. The molecule has 0 aliphatic heterocycles. The van der Waals surface area contributed by atoms with Gasteiger partial charge in [0.25, 0.3) is 0 Å². The molecule has 0 aromatic rings. The van der Waals surface area contributed by atoms with Crippen LogP contribution in [0.25, 0.3) is 0 Å². The summed E-state index contributed by atoms with van der Waals surface area (Å²) in [6.07, 6.45) is 3.24. The van der Waals surface area contributed by atoms with Crippen LogP contribution in [0.1, 0.15) is 92.9 Å². The van der Waals surface area contributed by atoms with E-state index in [0.29, 0.717) is 12.8 Å². The molecule has 0 aromatic heterocycles. The van der Waals surface area contributed by atoms with Gasteiger partial charge in [0.1, 0.15) is 22.8 Å². The maximum atomic E-state index is 11.8. The zero-order chi connectivity index (χ0) is 23.2. The van der Waals surface area contributed by atoms with Crippen LogP contribution in [0.2, 0.25) is 0 Å². The third-order valence-electron chi connectivity index (χ3n) is 3.51. The van der Waals surface area contributed by atoms with Crippen molar-refractivity contribution in [3.63, 3.8) is 0 Å². The Morgan fingerprint density at radius 2 is 0.900 bits per heavy atom. The molecule has 0 fully saturated rings. The van der Waals surface area contributed by atoms with E-state index in [-0.39, 0.29) is 49.2 Å². The molecule has 0 aromatic carbocycles. The van der Waals surface area contributed by atoms with Gasteiger partial charge in [0.05, 0.1) is 12.8 Å². The summed E-state index contributed by atoms with van der Waals surface area (Å²) in [6, 6.07) is 0. The van der Waals surface area contributed by atoms with Gasteiger partial charge in [-0.1, -0.05) is 21.6 Å². The SMILES string of the molecule is CC(C)(C)OC(=O)CCC(=O)CCCSSCCCC(=O)CCC(=O)OC(C)(C)C. The van der Waals surface area contributed by atoms with E-state index in [1.54, 1.807) is 21.6 Å². The molecule has 0 amide bonds. The fourth-order valence-corrected chi connectivity index (χ4v) is 4.47. The van der Waals surface area contributed by atoms with Gasteiger partial charge >= 0.3 is 11.9 Å². The molecule has 0 bridgehead atoms. The lowest BCUT2D eigenvalue weighted by atomic mass is 10.1. The van der Waals surface area contributed by atoms with E-state index in [1.807, 2.05) is 41.5 Å². The second-order valence-corrected chi connectivity index (χ2v) is 11.8. The van der Waals surface area contributed by atoms with Crippen LogP contribution in [0.15, 0.2) is 0 Å². The van der Waals surface area contributed by atoms with Crippen LogP contribution < -0.4 is 0 Å². The summed E-state index contributed by atoms with van der Waals surface area (Å²) in [7, 11) is 3.38. The first-order valence-electron chi connectivity index (χ1n) is 10.5. The monoisotopic (exact) mass is 462 g/mol. The molecule has 0 saturated heterocycles. The molecule has 0 unspecified atom stereocenters. The van der Waals surface area contributed by atoms with Crippen LogP contribution in [-0.2, 0) is 28.7 Å². The molecule has 0 aliphatic rings. The number of ketones is 2. The maximum Gasteiger partial charge on any atom is 0.306 e. The van der Waals surface area contributed by atoms with Crippen molar-refractivity contribution < 1.29 is 28.7 Å². The fraction of sp³-hybridized carbons (Fsp3) is 0.818. The largest absolute Gasteiger partial charge is 0.460 e. The summed E-state index contributed by atoms with van der Waals surface area (Å²) < 4.78 is 10.4. The lowest BCUT2D eigenvalue weighted by Crippen LogP contribution is -2.24. The highest BCUT2D eigenvalue weighted by Gasteiger charge is 2.18. The zero-order valence-electron chi connectivity index (χ0n) is 19.3. The van der Waals surface area contributed by atoms with Gasteiger partial charge in [0.2, 0.25) is 0 Å². The van der Waals surface area contributed by atoms with Crippen molar-refractivity contribution in [1.82, 2.24) is 0 Å². The van der Waals surface area contributed by atoms with Crippen LogP contribution in [0, 0.1) is 0 Å². The van der Waals surface area contributed by atoms with Gasteiger partial charge in [-0.15, -0.1) is 0 Å². The Labute approximate surface area is 189 Å². The molecule has 0 rings (SSSR count). The van der Waals surface area contributed by atoms with E-state index >= 15 is 0 Å². The zero-order valence-corrected chi connectivity index (χ0v) is 21.0. The number of carbonyl (C=O) groups is 4. The topological polar surface area (TPSA) is 86.7 Å². The van der Waals surface area contributed by atoms with E-state index in [4.69, 9.17) is 9.47 Å². The molecule has 174 valence electrons. The maximum absolute atomic E-state index is 11.8. The molecular weight excluding hydrogens is 424 g/mol. The number of esters is 2. The third kappa shape index (κ3) is 20.3. The first-order chi connectivity index (χ1) is 13.8. The molecular formula is C22H38O6S2. The highest BCUT2D eigenvalue weighted by molar-refractivity contribution is 8.76. The normalized spacial score (nSPS) is 11.8. The van der Waals surface area contributed by atoms with Gasteiger partial charge in [-0.05, 0) is 54.4 Å². The molecule has 30 heavy (non-hydrogen) atoms. The van der Waals surface area contributed by atoms with Crippen LogP contribution in [0.5, 0.6) is 0 Å². The Balaban J connectivity index is 3.59. The number of rotatable bonds is 15. The van der Waals surface area contributed by atoms with Crippen molar-refractivity contribution in [3.05, 3.63) is 0 Å². The van der Waals surface area contributed by atoms with E-state index in [0.717, 1.165) is 24.3 Å². The third-order valence-corrected chi connectivity index (χ3v) is 6.08. The first-order valence-corrected chi connectivity index (χ1v) is 13.0. The van der Waals surface area contributed by atoms with Gasteiger partial charge in [-0.25, -0.2) is 0 Å². The smallest absolute Gasteiger partial charge is 0.306 e. The minimum Gasteiger partial charge on any atom is -0.460 e. The summed E-state index contributed by atoms with van der Waals surface area (Å²) in [5, 5.41) is 0. The van der Waals surface area contributed by atoms with Crippen molar-refractivity contribution in [2.45, 2.75) is 104 Å². The van der Waals surface area contributed by atoms with Gasteiger partial charge in [-0.2, -0.15) is 0 Å². The number of Topliss-reactive ketones (excluding diaryl/α,β-unsaturated/α-hetero) is 2. The second kappa shape index (κ2) is 14.9. The average molecular weight is 463 g/mol. The summed E-state index contributed by atoms with van der Waals surface area (Å²) >= 11 is 0. The Hall–Kier alpha value is -1.02.